The second kappa shape index (κ2) is 9.65. The summed E-state index contributed by atoms with van der Waals surface area (Å²) in [6.07, 6.45) is 2.03. The number of thioether (sulfide) groups is 1. The topological polar surface area (TPSA) is 62.3 Å². The molecule has 2 aliphatic rings. The number of nitrogens with zero attached hydrogens (tertiary/aromatic N) is 3. The summed E-state index contributed by atoms with van der Waals surface area (Å²) in [7, 11) is 6.96. The molecule has 2 heterocycles. The van der Waals surface area contributed by atoms with Gasteiger partial charge in [0.15, 0.2) is 11.5 Å². The molecule has 2 aliphatic heterocycles. The minimum absolute atomic E-state index is 0.0369. The second-order valence-electron chi connectivity index (χ2n) is 8.53. The van der Waals surface area contributed by atoms with E-state index >= 15 is 0 Å². The predicted octanol–water partition coefficient (Wildman–Crippen LogP) is 3.11. The van der Waals surface area contributed by atoms with Crippen molar-refractivity contribution in [3.63, 3.8) is 0 Å². The molecule has 1 saturated heterocycles. The lowest BCUT2D eigenvalue weighted by Crippen LogP contribution is -2.52. The molecule has 0 bridgehead atoms. The number of benzene rings is 2. The van der Waals surface area contributed by atoms with Crippen LogP contribution < -0.4 is 9.47 Å². The fraction of sp³-hybridized carbons (Fsp3) is 0.440. The average Bonchev–Trinajstić information content (AvgIpc) is 2.85. The average molecular weight is 470 g/mol. The van der Waals surface area contributed by atoms with Crippen molar-refractivity contribution in [3.8, 4) is 11.5 Å². The molecule has 0 saturated carbocycles. The molecule has 2 aromatic rings. The Bertz CT molecular complexity index is 1030. The van der Waals surface area contributed by atoms with Crippen LogP contribution in [-0.2, 0) is 4.79 Å². The van der Waals surface area contributed by atoms with Gasteiger partial charge in [-0.15, -0.1) is 11.8 Å². The van der Waals surface area contributed by atoms with Crippen LogP contribution in [0.4, 0.5) is 0 Å². The number of hydrogen-bond acceptors (Lipinski definition) is 6. The minimum atomic E-state index is -0.536. The van der Waals surface area contributed by atoms with Crippen molar-refractivity contribution >= 4 is 23.6 Å². The highest BCUT2D eigenvalue weighted by Gasteiger charge is 2.45. The van der Waals surface area contributed by atoms with Crippen molar-refractivity contribution in [1.82, 2.24) is 14.7 Å². The largest absolute Gasteiger partial charge is 0.493 e. The summed E-state index contributed by atoms with van der Waals surface area (Å²) >= 11 is 1.66. The Labute approximate surface area is 199 Å². The summed E-state index contributed by atoms with van der Waals surface area (Å²) in [5.74, 6) is 0.362. The quantitative estimate of drug-likeness (QED) is 0.627. The summed E-state index contributed by atoms with van der Waals surface area (Å²) in [6.45, 7) is 3.01. The molecule has 0 spiro atoms. The van der Waals surface area contributed by atoms with Gasteiger partial charge in [-0.3, -0.25) is 9.59 Å². The molecule has 33 heavy (non-hydrogen) atoms. The molecule has 7 nitrogen and oxygen atoms in total. The highest BCUT2D eigenvalue weighted by Crippen LogP contribution is 2.46. The summed E-state index contributed by atoms with van der Waals surface area (Å²) in [5, 5.41) is 0. The number of ether oxygens (including phenoxy) is 2. The van der Waals surface area contributed by atoms with E-state index in [1.54, 1.807) is 50.1 Å². The Hall–Kier alpha value is -2.71. The van der Waals surface area contributed by atoms with Gasteiger partial charge in [0.05, 0.1) is 26.2 Å². The summed E-state index contributed by atoms with van der Waals surface area (Å²) in [5.41, 5.74) is 2.12. The maximum Gasteiger partial charge on any atom is 0.254 e. The molecule has 2 atom stereocenters. The molecule has 2 aromatic carbocycles. The number of amides is 2. The zero-order chi connectivity index (χ0) is 23.7. The molecule has 4 rings (SSSR count). The monoisotopic (exact) mass is 469 g/mol. The number of methoxy groups -OCH3 is 2. The third kappa shape index (κ3) is 4.29. The van der Waals surface area contributed by atoms with Crippen LogP contribution in [0.15, 0.2) is 41.3 Å². The Morgan fingerprint density at radius 2 is 1.58 bits per heavy atom. The second-order valence-corrected chi connectivity index (χ2v) is 9.41. The van der Waals surface area contributed by atoms with Crippen LogP contribution in [0.5, 0.6) is 11.5 Å². The van der Waals surface area contributed by atoms with E-state index in [0.717, 1.165) is 23.5 Å². The van der Waals surface area contributed by atoms with Gasteiger partial charge in [0, 0.05) is 43.7 Å². The molecular formula is C25H31N3O4S. The van der Waals surface area contributed by atoms with E-state index in [4.69, 9.17) is 9.47 Å². The van der Waals surface area contributed by atoms with Crippen LogP contribution in [-0.4, -0.2) is 87.3 Å². The van der Waals surface area contributed by atoms with Crippen LogP contribution in [0, 0.1) is 0 Å². The highest BCUT2D eigenvalue weighted by molar-refractivity contribution is 7.98. The van der Waals surface area contributed by atoms with Gasteiger partial charge in [0.2, 0.25) is 5.91 Å². The predicted molar refractivity (Wildman–Crippen MR) is 129 cm³/mol. The van der Waals surface area contributed by atoms with Crippen molar-refractivity contribution in [2.24, 2.45) is 0 Å². The third-order valence-corrected chi connectivity index (χ3v) is 7.46. The van der Waals surface area contributed by atoms with Crippen molar-refractivity contribution < 1.29 is 19.1 Å². The molecule has 0 radical (unpaired) electrons. The van der Waals surface area contributed by atoms with Crippen molar-refractivity contribution in [1.29, 1.82) is 0 Å². The van der Waals surface area contributed by atoms with E-state index in [2.05, 4.69) is 11.9 Å². The summed E-state index contributed by atoms with van der Waals surface area (Å²) < 4.78 is 11.0. The standard InChI is InChI=1S/C25H31N3O4S/c1-26-10-12-28(13-11-26)25(30)22-18-14-20(31-3)21(32-4)15-19(18)24(29)27(2)23(22)16-6-8-17(33-5)9-7-16/h6-9,14-15,22-23H,10-13H2,1-5H3/t22-,23-/m1/s1. The molecule has 0 unspecified atom stereocenters. The lowest BCUT2D eigenvalue weighted by molar-refractivity contribution is -0.136. The first-order valence-electron chi connectivity index (χ1n) is 11.0. The molecule has 1 fully saturated rings. The van der Waals surface area contributed by atoms with Gasteiger partial charge in [0.1, 0.15) is 0 Å². The van der Waals surface area contributed by atoms with Gasteiger partial charge in [-0.2, -0.15) is 0 Å². The SMILES string of the molecule is COc1cc2c(cc1OC)[C@@H](C(=O)N1CCN(C)CC1)[C@@H](c1ccc(SC)cc1)N(C)C2=O. The van der Waals surface area contributed by atoms with Gasteiger partial charge in [-0.1, -0.05) is 12.1 Å². The fourth-order valence-corrected chi connectivity index (χ4v) is 5.16. The van der Waals surface area contributed by atoms with Crippen LogP contribution >= 0.6 is 11.8 Å². The first kappa shape index (κ1) is 23.4. The van der Waals surface area contributed by atoms with Crippen LogP contribution in [0.25, 0.3) is 0 Å². The van der Waals surface area contributed by atoms with Gasteiger partial charge in [0.25, 0.3) is 5.91 Å². The summed E-state index contributed by atoms with van der Waals surface area (Å²) in [6, 6.07) is 11.2. The zero-order valence-corrected chi connectivity index (χ0v) is 20.6. The lowest BCUT2D eigenvalue weighted by atomic mass is 9.78. The normalized spacial score (nSPS) is 21.1. The number of rotatable bonds is 5. The summed E-state index contributed by atoms with van der Waals surface area (Å²) in [4.78, 5) is 34.5. The Morgan fingerprint density at radius 1 is 0.970 bits per heavy atom. The highest BCUT2D eigenvalue weighted by atomic mass is 32.2. The molecule has 0 N–H and O–H groups in total. The molecular weight excluding hydrogens is 438 g/mol. The van der Waals surface area contributed by atoms with Crippen molar-refractivity contribution in [2.45, 2.75) is 16.9 Å². The molecule has 0 aliphatic carbocycles. The number of carbonyl (C=O) groups is 2. The Morgan fingerprint density at radius 3 is 2.15 bits per heavy atom. The fourth-order valence-electron chi connectivity index (χ4n) is 4.76. The van der Waals surface area contributed by atoms with E-state index in [1.807, 2.05) is 35.4 Å². The minimum Gasteiger partial charge on any atom is -0.493 e. The Balaban J connectivity index is 1.86. The maximum absolute atomic E-state index is 14.0. The lowest BCUT2D eigenvalue weighted by Gasteiger charge is -2.43. The van der Waals surface area contributed by atoms with E-state index in [-0.39, 0.29) is 11.8 Å². The molecule has 2 amide bonds. The van der Waals surface area contributed by atoms with Crippen LogP contribution in [0.1, 0.15) is 33.4 Å². The van der Waals surface area contributed by atoms with E-state index in [0.29, 0.717) is 35.7 Å². The van der Waals surface area contributed by atoms with E-state index in [1.165, 1.54) is 0 Å². The zero-order valence-electron chi connectivity index (χ0n) is 19.8. The van der Waals surface area contributed by atoms with Gasteiger partial charge in [-0.05, 0) is 48.7 Å². The van der Waals surface area contributed by atoms with Crippen molar-refractivity contribution in [2.75, 3.05) is 60.7 Å². The maximum atomic E-state index is 14.0. The first-order valence-corrected chi connectivity index (χ1v) is 12.3. The van der Waals surface area contributed by atoms with Gasteiger partial charge in [-0.25, -0.2) is 0 Å². The third-order valence-electron chi connectivity index (χ3n) is 6.71. The van der Waals surface area contributed by atoms with Crippen molar-refractivity contribution in [3.05, 3.63) is 53.1 Å². The van der Waals surface area contributed by atoms with Gasteiger partial charge >= 0.3 is 0 Å². The van der Waals surface area contributed by atoms with E-state index < -0.39 is 12.0 Å². The molecule has 0 aromatic heterocycles. The van der Waals surface area contributed by atoms with Crippen LogP contribution in [0.3, 0.4) is 0 Å². The van der Waals surface area contributed by atoms with Gasteiger partial charge < -0.3 is 24.2 Å². The van der Waals surface area contributed by atoms with E-state index in [9.17, 15) is 9.59 Å². The number of carbonyl (C=O) groups excluding carboxylic acids is 2. The Kier molecular flexibility index (Phi) is 6.86. The first-order chi connectivity index (χ1) is 15.9. The number of hydrogen-bond donors (Lipinski definition) is 0. The number of piperazine rings is 1. The number of fused-ring (bicyclic) bond motifs is 1. The smallest absolute Gasteiger partial charge is 0.254 e. The molecule has 176 valence electrons. The van der Waals surface area contributed by atoms with Crippen LogP contribution in [0.2, 0.25) is 0 Å². The molecule has 8 heteroatoms. The number of likely N-dealkylation sites (N-methyl/N-ethyl adjacent to an activating group) is 2.